The molecule has 4 fully saturated rings. The van der Waals surface area contributed by atoms with Crippen LogP contribution in [0.25, 0.3) is 0 Å². The number of carbonyl (C=O) groups excluding carboxylic acids is 2. The van der Waals surface area contributed by atoms with Gasteiger partial charge in [-0.05, 0) is 18.1 Å². The summed E-state index contributed by atoms with van der Waals surface area (Å²) in [5, 5.41) is 12.2. The molecule has 2 atom stereocenters. The van der Waals surface area contributed by atoms with E-state index in [2.05, 4.69) is 21.3 Å². The van der Waals surface area contributed by atoms with Gasteiger partial charge in [0.2, 0.25) is 0 Å². The van der Waals surface area contributed by atoms with E-state index in [-0.39, 0.29) is 11.6 Å². The first-order valence-electron chi connectivity index (χ1n) is 6.79. The zero-order chi connectivity index (χ0) is 13.9. The highest BCUT2D eigenvalue weighted by molar-refractivity contribution is 6.03. The molecular weight excluding hydrogens is 256 g/mol. The van der Waals surface area contributed by atoms with Gasteiger partial charge in [-0.3, -0.25) is 30.9 Å². The van der Waals surface area contributed by atoms with Gasteiger partial charge in [0.1, 0.15) is 24.2 Å². The predicted molar refractivity (Wildman–Crippen MR) is 71.5 cm³/mol. The summed E-state index contributed by atoms with van der Waals surface area (Å²) in [5.74, 6) is 0.0231. The van der Waals surface area contributed by atoms with Crippen molar-refractivity contribution in [2.24, 2.45) is 0 Å². The van der Waals surface area contributed by atoms with Crippen molar-refractivity contribution in [3.8, 4) is 0 Å². The molecular formula is C14H16N4O2. The molecule has 0 aliphatic carbocycles. The van der Waals surface area contributed by atoms with Crippen molar-refractivity contribution in [1.29, 1.82) is 0 Å². The van der Waals surface area contributed by atoms with Gasteiger partial charge in [0.25, 0.3) is 0 Å². The van der Waals surface area contributed by atoms with E-state index in [4.69, 9.17) is 0 Å². The summed E-state index contributed by atoms with van der Waals surface area (Å²) in [6.07, 6.45) is -0.809. The van der Waals surface area contributed by atoms with Gasteiger partial charge in [-0.2, -0.15) is 0 Å². The van der Waals surface area contributed by atoms with Crippen LogP contribution in [0.1, 0.15) is 11.1 Å². The molecule has 4 aliphatic rings. The summed E-state index contributed by atoms with van der Waals surface area (Å²) >= 11 is 0. The van der Waals surface area contributed by atoms with Gasteiger partial charge in [-0.15, -0.1) is 0 Å². The van der Waals surface area contributed by atoms with Crippen molar-refractivity contribution in [2.45, 2.75) is 37.5 Å². The first-order valence-corrected chi connectivity index (χ1v) is 6.79. The van der Waals surface area contributed by atoms with Crippen LogP contribution in [0.3, 0.4) is 0 Å². The molecule has 4 N–H and O–H groups in total. The Hall–Kier alpha value is -1.60. The molecule has 1 aromatic rings. The number of hydrogen-bond acceptors (Lipinski definition) is 6. The van der Waals surface area contributed by atoms with E-state index in [1.54, 1.807) is 0 Å². The first-order chi connectivity index (χ1) is 9.59. The van der Waals surface area contributed by atoms with Gasteiger partial charge in [-0.25, -0.2) is 0 Å². The third-order valence-electron chi connectivity index (χ3n) is 4.42. The van der Waals surface area contributed by atoms with Gasteiger partial charge in [0.05, 0.1) is 0 Å². The number of ketones is 2. The van der Waals surface area contributed by atoms with E-state index in [9.17, 15) is 9.59 Å². The Kier molecular flexibility index (Phi) is 2.41. The maximum Gasteiger partial charge on any atom is 0.199 e. The predicted octanol–water partition coefficient (Wildman–Crippen LogP) is -1.25. The molecule has 2 unspecified atom stereocenters. The molecule has 0 saturated carbocycles. The molecule has 0 spiro atoms. The molecule has 0 radical (unpaired) electrons. The average molecular weight is 272 g/mol. The number of rotatable bonds is 2. The number of aryl methyl sites for hydroxylation is 1. The molecule has 4 bridgehead atoms. The Morgan fingerprint density at radius 2 is 1.70 bits per heavy atom. The summed E-state index contributed by atoms with van der Waals surface area (Å²) in [6, 6.07) is 8.00. The lowest BCUT2D eigenvalue weighted by molar-refractivity contribution is -0.154. The second-order valence-corrected chi connectivity index (χ2v) is 5.70. The van der Waals surface area contributed by atoms with Crippen molar-refractivity contribution >= 4 is 11.6 Å². The van der Waals surface area contributed by atoms with Crippen LogP contribution < -0.4 is 21.3 Å². The lowest BCUT2D eigenvalue weighted by Crippen LogP contribution is -2.93. The number of nitrogens with one attached hydrogen (secondary N) is 4. The maximum atomic E-state index is 12.6. The molecule has 1 aromatic carbocycles. The minimum absolute atomic E-state index is 0.00848. The number of Topliss-reactive ketones (excluding diaryl/α,β-unsaturated/α-hetero) is 2. The van der Waals surface area contributed by atoms with Crippen molar-refractivity contribution in [3.63, 3.8) is 0 Å². The SMILES string of the molecule is Cc1ccccc1CC12NC3NC(NC(N1)C3=O)C2=O. The molecule has 104 valence electrons. The third kappa shape index (κ3) is 1.53. The summed E-state index contributed by atoms with van der Waals surface area (Å²) in [5.41, 5.74) is 1.40. The fraction of sp³-hybridized carbons (Fsp3) is 0.429. The highest BCUT2D eigenvalue weighted by Crippen LogP contribution is 2.27. The Labute approximate surface area is 116 Å². The van der Waals surface area contributed by atoms with Crippen LogP contribution in [0.4, 0.5) is 0 Å². The van der Waals surface area contributed by atoms with Gasteiger partial charge in [0.15, 0.2) is 11.6 Å². The Morgan fingerprint density at radius 3 is 2.35 bits per heavy atom. The highest BCUT2D eigenvalue weighted by Gasteiger charge is 2.60. The normalized spacial score (nSPS) is 38.5. The smallest absolute Gasteiger partial charge is 0.199 e. The van der Waals surface area contributed by atoms with Crippen LogP contribution in [-0.4, -0.2) is 35.7 Å². The molecule has 4 aliphatic heterocycles. The molecule has 4 heterocycles. The highest BCUT2D eigenvalue weighted by atomic mass is 16.2. The quantitative estimate of drug-likeness (QED) is 0.538. The molecule has 6 heteroatoms. The van der Waals surface area contributed by atoms with E-state index in [1.807, 2.05) is 31.2 Å². The minimum Gasteiger partial charge on any atom is -0.293 e. The van der Waals surface area contributed by atoms with Crippen LogP contribution in [0.15, 0.2) is 24.3 Å². The lowest BCUT2D eigenvalue weighted by atomic mass is 9.83. The van der Waals surface area contributed by atoms with Gasteiger partial charge < -0.3 is 0 Å². The van der Waals surface area contributed by atoms with Crippen LogP contribution in [0.2, 0.25) is 0 Å². The molecule has 4 saturated heterocycles. The van der Waals surface area contributed by atoms with Crippen molar-refractivity contribution in [3.05, 3.63) is 35.4 Å². The number of carbonyl (C=O) groups is 2. The van der Waals surface area contributed by atoms with Crippen LogP contribution in [-0.2, 0) is 16.0 Å². The topological polar surface area (TPSA) is 82.3 Å². The third-order valence-corrected chi connectivity index (χ3v) is 4.42. The van der Waals surface area contributed by atoms with Crippen molar-refractivity contribution in [1.82, 2.24) is 21.3 Å². The van der Waals surface area contributed by atoms with Crippen LogP contribution in [0, 0.1) is 6.92 Å². The van der Waals surface area contributed by atoms with E-state index in [1.165, 1.54) is 0 Å². The second kappa shape index (κ2) is 3.95. The molecule has 0 amide bonds. The van der Waals surface area contributed by atoms with E-state index < -0.39 is 24.2 Å². The first kappa shape index (κ1) is 12.2. The number of hydrogen-bond donors (Lipinski definition) is 4. The number of benzene rings is 1. The standard InChI is InChI=1S/C14H16N4O2/c1-7-4-2-3-5-8(7)6-14-10(20)13-15-11(17-14)9(19)12(16-13)18-14/h2-5,11-13,15-18H,6H2,1H3. The largest absolute Gasteiger partial charge is 0.293 e. The Balaban J connectivity index is 1.71. The maximum absolute atomic E-state index is 12.6. The zero-order valence-electron chi connectivity index (χ0n) is 11.1. The van der Waals surface area contributed by atoms with E-state index in [0.29, 0.717) is 6.42 Å². The Bertz CT molecular complexity index is 597. The molecule has 20 heavy (non-hydrogen) atoms. The molecule has 5 rings (SSSR count). The van der Waals surface area contributed by atoms with E-state index >= 15 is 0 Å². The summed E-state index contributed by atoms with van der Waals surface area (Å²) in [4.78, 5) is 24.5. The van der Waals surface area contributed by atoms with Gasteiger partial charge in [-0.1, -0.05) is 24.3 Å². The zero-order valence-corrected chi connectivity index (χ0v) is 11.1. The second-order valence-electron chi connectivity index (χ2n) is 5.70. The molecule has 6 nitrogen and oxygen atoms in total. The lowest BCUT2D eigenvalue weighted by Gasteiger charge is -2.56. The van der Waals surface area contributed by atoms with Gasteiger partial charge >= 0.3 is 0 Å². The summed E-state index contributed by atoms with van der Waals surface area (Å²) in [6.45, 7) is 2.03. The minimum atomic E-state index is -0.851. The van der Waals surface area contributed by atoms with Crippen LogP contribution in [0.5, 0.6) is 0 Å². The molecule has 0 aromatic heterocycles. The fourth-order valence-electron chi connectivity index (χ4n) is 3.30. The monoisotopic (exact) mass is 272 g/mol. The van der Waals surface area contributed by atoms with E-state index in [0.717, 1.165) is 11.1 Å². The fourth-order valence-corrected chi connectivity index (χ4v) is 3.30. The average Bonchev–Trinajstić information content (AvgIpc) is 2.41. The van der Waals surface area contributed by atoms with Crippen LogP contribution >= 0.6 is 0 Å². The van der Waals surface area contributed by atoms with Crippen molar-refractivity contribution < 1.29 is 9.59 Å². The summed E-state index contributed by atoms with van der Waals surface area (Å²) < 4.78 is 0. The Morgan fingerprint density at radius 1 is 1.05 bits per heavy atom. The summed E-state index contributed by atoms with van der Waals surface area (Å²) in [7, 11) is 0. The van der Waals surface area contributed by atoms with Gasteiger partial charge in [0, 0.05) is 6.42 Å². The van der Waals surface area contributed by atoms with Crippen molar-refractivity contribution in [2.75, 3.05) is 0 Å².